The van der Waals surface area contributed by atoms with Crippen LogP contribution in [0.5, 0.6) is 5.75 Å². The molecule has 0 saturated carbocycles. The SMILES string of the molecule is CCCCCc1ccc(-c2ccc(C(F)(F)Oc3ccc(-c4ccc(-c5cc(F)c(F)c(F)c5)c(F)c4)c(F)c3)cc2)nc1. The lowest BCUT2D eigenvalue weighted by Gasteiger charge is -2.19. The van der Waals surface area contributed by atoms with E-state index in [9.17, 15) is 30.7 Å². The third kappa shape index (κ3) is 6.77. The summed E-state index contributed by atoms with van der Waals surface area (Å²) in [4.78, 5) is 4.44. The normalized spacial score (nSPS) is 11.5. The lowest BCUT2D eigenvalue weighted by Crippen LogP contribution is -2.21. The first-order chi connectivity index (χ1) is 21.1. The highest BCUT2D eigenvalue weighted by Crippen LogP contribution is 2.36. The number of pyridine rings is 1. The predicted molar refractivity (Wildman–Crippen MR) is 155 cm³/mol. The highest BCUT2D eigenvalue weighted by Gasteiger charge is 2.34. The number of halogens is 7. The van der Waals surface area contributed by atoms with Crippen molar-refractivity contribution in [2.75, 3.05) is 0 Å². The van der Waals surface area contributed by atoms with E-state index in [1.165, 1.54) is 30.3 Å². The number of unbranched alkanes of at least 4 members (excludes halogenated alkanes) is 2. The third-order valence-corrected chi connectivity index (χ3v) is 7.17. The van der Waals surface area contributed by atoms with Crippen molar-refractivity contribution in [3.8, 4) is 39.3 Å². The van der Waals surface area contributed by atoms with Gasteiger partial charge in [-0.15, -0.1) is 0 Å². The topological polar surface area (TPSA) is 22.1 Å². The maximum Gasteiger partial charge on any atom is 0.426 e. The first-order valence-electron chi connectivity index (χ1n) is 13.9. The van der Waals surface area contributed by atoms with E-state index in [-0.39, 0.29) is 22.3 Å². The summed E-state index contributed by atoms with van der Waals surface area (Å²) in [6, 6.07) is 16.9. The molecule has 0 radical (unpaired) electrons. The highest BCUT2D eigenvalue weighted by atomic mass is 19.3. The van der Waals surface area contributed by atoms with E-state index < -0.39 is 46.5 Å². The molecule has 0 aliphatic heterocycles. The Kier molecular flexibility index (Phi) is 9.04. The Bertz CT molecular complexity index is 1750. The average Bonchev–Trinajstić information content (AvgIpc) is 3.00. The Morgan fingerprint density at radius 1 is 0.636 bits per heavy atom. The predicted octanol–water partition coefficient (Wildman–Crippen LogP) is 10.6. The van der Waals surface area contributed by atoms with E-state index in [2.05, 4.69) is 11.9 Å². The van der Waals surface area contributed by atoms with Crippen LogP contribution in [0, 0.1) is 29.1 Å². The fraction of sp³-hybridized carbons (Fsp3) is 0.171. The summed E-state index contributed by atoms with van der Waals surface area (Å²) in [6.07, 6.45) is 2.25. The van der Waals surface area contributed by atoms with Crippen LogP contribution in [-0.4, -0.2) is 4.98 Å². The summed E-state index contributed by atoms with van der Waals surface area (Å²) in [5.74, 6) is -7.05. The molecule has 5 aromatic rings. The van der Waals surface area contributed by atoms with Gasteiger partial charge in [0.1, 0.15) is 17.4 Å². The van der Waals surface area contributed by atoms with Crippen molar-refractivity contribution < 1.29 is 35.5 Å². The number of nitrogens with zero attached hydrogens (tertiary/aromatic N) is 1. The molecule has 0 N–H and O–H groups in total. The van der Waals surface area contributed by atoms with Crippen molar-refractivity contribution in [1.82, 2.24) is 4.98 Å². The second-order valence-electron chi connectivity index (χ2n) is 10.3. The first-order valence-corrected chi connectivity index (χ1v) is 13.9. The highest BCUT2D eigenvalue weighted by molar-refractivity contribution is 5.72. The number of alkyl halides is 2. The van der Waals surface area contributed by atoms with Gasteiger partial charge in [0.25, 0.3) is 0 Å². The van der Waals surface area contributed by atoms with E-state index in [1.54, 1.807) is 6.20 Å². The van der Waals surface area contributed by atoms with Crippen molar-refractivity contribution in [3.05, 3.63) is 131 Å². The molecule has 5 rings (SSSR count). The molecular formula is C35H26F7NO. The van der Waals surface area contributed by atoms with Crippen LogP contribution in [0.1, 0.15) is 37.3 Å². The number of rotatable bonds is 10. The number of aryl methyl sites for hydroxylation is 1. The second-order valence-corrected chi connectivity index (χ2v) is 10.3. The summed E-state index contributed by atoms with van der Waals surface area (Å²) >= 11 is 0. The molecule has 1 aromatic heterocycles. The molecule has 0 unspecified atom stereocenters. The van der Waals surface area contributed by atoms with Gasteiger partial charge in [-0.1, -0.05) is 50.1 Å². The van der Waals surface area contributed by atoms with E-state index >= 15 is 0 Å². The van der Waals surface area contributed by atoms with Crippen LogP contribution in [0.15, 0.2) is 91.1 Å². The van der Waals surface area contributed by atoms with Gasteiger partial charge in [0.2, 0.25) is 0 Å². The number of benzene rings is 4. The van der Waals surface area contributed by atoms with Gasteiger partial charge in [-0.2, -0.15) is 8.78 Å². The molecule has 0 spiro atoms. The minimum atomic E-state index is -3.80. The molecule has 0 saturated heterocycles. The summed E-state index contributed by atoms with van der Waals surface area (Å²) in [7, 11) is 0. The zero-order chi connectivity index (χ0) is 31.4. The van der Waals surface area contributed by atoms with Crippen molar-refractivity contribution in [3.63, 3.8) is 0 Å². The number of hydrogen-bond acceptors (Lipinski definition) is 2. The minimum Gasteiger partial charge on any atom is -0.429 e. The van der Waals surface area contributed by atoms with Gasteiger partial charge >= 0.3 is 6.11 Å². The van der Waals surface area contributed by atoms with Gasteiger partial charge in [-0.3, -0.25) is 4.98 Å². The lowest BCUT2D eigenvalue weighted by atomic mass is 9.99. The Hall–Kier alpha value is -4.66. The number of aromatic nitrogens is 1. The van der Waals surface area contributed by atoms with Gasteiger partial charge in [0, 0.05) is 29.0 Å². The molecule has 44 heavy (non-hydrogen) atoms. The van der Waals surface area contributed by atoms with Crippen molar-refractivity contribution in [2.45, 2.75) is 38.7 Å². The van der Waals surface area contributed by atoms with Gasteiger partial charge < -0.3 is 4.74 Å². The second kappa shape index (κ2) is 12.9. The van der Waals surface area contributed by atoms with E-state index in [4.69, 9.17) is 4.74 Å². The smallest absolute Gasteiger partial charge is 0.426 e. The molecule has 2 nitrogen and oxygen atoms in total. The Morgan fingerprint density at radius 2 is 1.25 bits per heavy atom. The Balaban J connectivity index is 1.29. The molecule has 0 fully saturated rings. The van der Waals surface area contributed by atoms with Gasteiger partial charge in [-0.05, 0) is 78.1 Å². The summed E-state index contributed by atoms with van der Waals surface area (Å²) in [6.45, 7) is 2.13. The quantitative estimate of drug-likeness (QED) is 0.0893. The fourth-order valence-corrected chi connectivity index (χ4v) is 4.79. The number of ether oxygens (including phenoxy) is 1. The van der Waals surface area contributed by atoms with Gasteiger partial charge in [0.05, 0.1) is 11.3 Å². The molecule has 0 aliphatic rings. The van der Waals surface area contributed by atoms with E-state index in [0.29, 0.717) is 23.4 Å². The fourth-order valence-electron chi connectivity index (χ4n) is 4.79. The molecule has 226 valence electrons. The van der Waals surface area contributed by atoms with Crippen molar-refractivity contribution >= 4 is 0 Å². The Labute approximate surface area is 249 Å². The molecule has 0 aliphatic carbocycles. The summed E-state index contributed by atoms with van der Waals surface area (Å²) < 4.78 is 105. The molecular weight excluding hydrogens is 583 g/mol. The lowest BCUT2D eigenvalue weighted by molar-refractivity contribution is -0.185. The monoisotopic (exact) mass is 609 g/mol. The molecule has 0 bridgehead atoms. The number of hydrogen-bond donors (Lipinski definition) is 0. The molecule has 1 heterocycles. The Morgan fingerprint density at radius 3 is 1.86 bits per heavy atom. The average molecular weight is 610 g/mol. The first kappa shape index (κ1) is 30.8. The molecule has 9 heteroatoms. The third-order valence-electron chi connectivity index (χ3n) is 7.17. The standard InChI is InChI=1S/C35H26F7NO/c1-2-3-4-5-21-6-15-33(43-20-21)22-7-10-25(11-8-22)35(41,42)44-26-12-14-27(30(37)19-26)23-9-13-28(29(36)16-23)24-17-31(38)34(40)32(39)18-24/h6-20H,2-5H2,1H3. The maximum absolute atomic E-state index is 15.0. The van der Waals surface area contributed by atoms with E-state index in [1.807, 2.05) is 12.1 Å². The van der Waals surface area contributed by atoms with Crippen molar-refractivity contribution in [2.24, 2.45) is 0 Å². The summed E-state index contributed by atoms with van der Waals surface area (Å²) in [5, 5.41) is 0. The van der Waals surface area contributed by atoms with Crippen LogP contribution >= 0.6 is 0 Å². The van der Waals surface area contributed by atoms with Crippen LogP contribution < -0.4 is 4.74 Å². The van der Waals surface area contributed by atoms with Crippen LogP contribution in [-0.2, 0) is 12.5 Å². The zero-order valence-corrected chi connectivity index (χ0v) is 23.5. The van der Waals surface area contributed by atoms with Crippen molar-refractivity contribution in [1.29, 1.82) is 0 Å². The molecule has 4 aromatic carbocycles. The van der Waals surface area contributed by atoms with Gasteiger partial charge in [-0.25, -0.2) is 22.0 Å². The summed E-state index contributed by atoms with van der Waals surface area (Å²) in [5.41, 5.74) is 1.35. The van der Waals surface area contributed by atoms with Crippen LogP contribution in [0.2, 0.25) is 0 Å². The maximum atomic E-state index is 15.0. The van der Waals surface area contributed by atoms with Crippen LogP contribution in [0.3, 0.4) is 0 Å². The molecule has 0 amide bonds. The van der Waals surface area contributed by atoms with Crippen LogP contribution in [0.25, 0.3) is 33.5 Å². The van der Waals surface area contributed by atoms with Crippen LogP contribution in [0.4, 0.5) is 30.7 Å². The molecule has 0 atom stereocenters. The largest absolute Gasteiger partial charge is 0.429 e. The zero-order valence-electron chi connectivity index (χ0n) is 23.5. The van der Waals surface area contributed by atoms with Gasteiger partial charge in [0.15, 0.2) is 17.5 Å². The van der Waals surface area contributed by atoms with E-state index in [0.717, 1.165) is 61.6 Å². The minimum absolute atomic E-state index is 0.0308.